The lowest BCUT2D eigenvalue weighted by molar-refractivity contribution is -0.124. The maximum Gasteiger partial charge on any atom is 0.350 e. The highest BCUT2D eigenvalue weighted by Gasteiger charge is 2.39. The van der Waals surface area contributed by atoms with Crippen LogP contribution in [0.2, 0.25) is 0 Å². The smallest absolute Gasteiger partial charge is 0.350 e. The third-order valence-electron chi connectivity index (χ3n) is 5.49. The van der Waals surface area contributed by atoms with Gasteiger partial charge in [-0.25, -0.2) is 9.48 Å². The second-order valence-electron chi connectivity index (χ2n) is 7.14. The van der Waals surface area contributed by atoms with Gasteiger partial charge in [0.15, 0.2) is 5.65 Å². The van der Waals surface area contributed by atoms with E-state index in [4.69, 9.17) is 5.73 Å². The lowest BCUT2D eigenvalue weighted by atomic mass is 9.67. The molecule has 24 heavy (non-hydrogen) atoms. The number of rotatable bonds is 3. The van der Waals surface area contributed by atoms with Gasteiger partial charge in [0.05, 0.1) is 0 Å². The number of amides is 1. The molecule has 2 saturated carbocycles. The molecule has 2 heterocycles. The number of nitrogens with one attached hydrogen (secondary N) is 1. The van der Waals surface area contributed by atoms with E-state index in [1.165, 1.54) is 15.5 Å². The molecule has 7 heteroatoms. The second-order valence-corrected chi connectivity index (χ2v) is 7.14. The maximum absolute atomic E-state index is 12.5. The predicted octanol–water partition coefficient (Wildman–Crippen LogP) is 0.518. The fourth-order valence-electron chi connectivity index (χ4n) is 4.46. The maximum atomic E-state index is 12.5. The molecule has 0 aliphatic heterocycles. The van der Waals surface area contributed by atoms with Crippen LogP contribution >= 0.6 is 0 Å². The molecule has 2 unspecified atom stereocenters. The van der Waals surface area contributed by atoms with Gasteiger partial charge in [-0.05, 0) is 49.7 Å². The Labute approximate surface area is 139 Å². The molecule has 1 amide bonds. The van der Waals surface area contributed by atoms with Crippen LogP contribution in [0.3, 0.4) is 0 Å². The number of nitrogens with two attached hydrogens (primary N) is 1. The first-order chi connectivity index (χ1) is 11.6. The minimum atomic E-state index is -0.286. The van der Waals surface area contributed by atoms with Crippen molar-refractivity contribution in [3.8, 4) is 0 Å². The number of hydrogen-bond donors (Lipinski definition) is 2. The van der Waals surface area contributed by atoms with Crippen molar-refractivity contribution < 1.29 is 4.79 Å². The molecule has 0 spiro atoms. The number of pyridine rings is 1. The van der Waals surface area contributed by atoms with Crippen LogP contribution < -0.4 is 16.7 Å². The van der Waals surface area contributed by atoms with Crippen LogP contribution in [0.15, 0.2) is 29.2 Å². The Kier molecular flexibility index (Phi) is 3.88. The summed E-state index contributed by atoms with van der Waals surface area (Å²) in [6.07, 6.45) is 7.10. The number of nitrogens with zero attached hydrogens (tertiary/aromatic N) is 3. The van der Waals surface area contributed by atoms with Crippen molar-refractivity contribution in [2.75, 3.05) is 0 Å². The van der Waals surface area contributed by atoms with Gasteiger partial charge in [0.25, 0.3) is 0 Å². The molecule has 3 N–H and O–H groups in total. The Morgan fingerprint density at radius 1 is 1.29 bits per heavy atom. The SMILES string of the molecule is NC1CC2CCCC(C1)C2NC(=O)Cn1nc2ccccn2c1=O. The molecule has 2 atom stereocenters. The van der Waals surface area contributed by atoms with E-state index in [9.17, 15) is 9.59 Å². The van der Waals surface area contributed by atoms with Gasteiger partial charge < -0.3 is 11.1 Å². The minimum Gasteiger partial charge on any atom is -0.351 e. The zero-order chi connectivity index (χ0) is 16.7. The molecule has 2 aromatic heterocycles. The highest BCUT2D eigenvalue weighted by Crippen LogP contribution is 2.39. The summed E-state index contributed by atoms with van der Waals surface area (Å²) in [5, 5.41) is 7.37. The summed E-state index contributed by atoms with van der Waals surface area (Å²) in [5.74, 6) is 0.793. The van der Waals surface area contributed by atoms with Crippen molar-refractivity contribution in [2.24, 2.45) is 17.6 Å². The normalized spacial score (nSPS) is 29.5. The van der Waals surface area contributed by atoms with Gasteiger partial charge >= 0.3 is 5.69 Å². The number of aromatic nitrogens is 3. The van der Waals surface area contributed by atoms with Gasteiger partial charge in [-0.15, -0.1) is 5.10 Å². The highest BCUT2D eigenvalue weighted by molar-refractivity contribution is 5.76. The van der Waals surface area contributed by atoms with Gasteiger partial charge in [-0.3, -0.25) is 9.20 Å². The fourth-order valence-corrected chi connectivity index (χ4v) is 4.46. The molecule has 128 valence electrons. The topological polar surface area (TPSA) is 94.4 Å². The summed E-state index contributed by atoms with van der Waals surface area (Å²) >= 11 is 0. The molecule has 4 rings (SSSR count). The van der Waals surface area contributed by atoms with Crippen LogP contribution in [0.1, 0.15) is 32.1 Å². The molecule has 2 bridgehead atoms. The van der Waals surface area contributed by atoms with Crippen LogP contribution in [-0.4, -0.2) is 32.2 Å². The van der Waals surface area contributed by atoms with Crippen molar-refractivity contribution in [2.45, 2.75) is 50.7 Å². The average molecular weight is 329 g/mol. The van der Waals surface area contributed by atoms with E-state index in [1.54, 1.807) is 18.3 Å². The van der Waals surface area contributed by atoms with Crippen molar-refractivity contribution in [1.29, 1.82) is 0 Å². The zero-order valence-electron chi connectivity index (χ0n) is 13.6. The summed E-state index contributed by atoms with van der Waals surface area (Å²) in [5.41, 5.74) is 6.40. The first-order valence-corrected chi connectivity index (χ1v) is 8.71. The summed E-state index contributed by atoms with van der Waals surface area (Å²) in [6.45, 7) is -0.0392. The van der Waals surface area contributed by atoms with E-state index in [-0.39, 0.29) is 30.2 Å². The van der Waals surface area contributed by atoms with E-state index in [0.717, 1.165) is 25.7 Å². The van der Waals surface area contributed by atoms with Crippen molar-refractivity contribution in [3.63, 3.8) is 0 Å². The van der Waals surface area contributed by atoms with E-state index in [2.05, 4.69) is 10.4 Å². The Hall–Kier alpha value is -2.15. The molecule has 2 aliphatic carbocycles. The summed E-state index contributed by atoms with van der Waals surface area (Å²) in [7, 11) is 0. The molecule has 0 aromatic carbocycles. The van der Waals surface area contributed by atoms with E-state index in [0.29, 0.717) is 17.5 Å². The van der Waals surface area contributed by atoms with Crippen LogP contribution in [0.5, 0.6) is 0 Å². The Morgan fingerprint density at radius 3 is 2.75 bits per heavy atom. The molecule has 0 radical (unpaired) electrons. The Balaban J connectivity index is 1.48. The quantitative estimate of drug-likeness (QED) is 0.858. The fraction of sp³-hybridized carbons (Fsp3) is 0.588. The first kappa shape index (κ1) is 15.4. The van der Waals surface area contributed by atoms with Crippen LogP contribution in [-0.2, 0) is 11.3 Å². The van der Waals surface area contributed by atoms with Crippen LogP contribution in [0, 0.1) is 11.8 Å². The van der Waals surface area contributed by atoms with Gasteiger partial charge in [-0.1, -0.05) is 12.5 Å². The lowest BCUT2D eigenvalue weighted by Crippen LogP contribution is -2.54. The monoisotopic (exact) mass is 329 g/mol. The van der Waals surface area contributed by atoms with Crippen molar-refractivity contribution >= 4 is 11.6 Å². The number of carbonyl (C=O) groups excluding carboxylic acids is 1. The standard InChI is InChI=1S/C17H23N5O2/c18-13-8-11-4-3-5-12(9-13)16(11)19-15(23)10-22-17(24)21-7-2-1-6-14(21)20-22/h1-2,6-7,11-13,16H,3-5,8-10,18H2,(H,19,23). The molecule has 2 aliphatic rings. The van der Waals surface area contributed by atoms with Gasteiger partial charge in [-0.2, -0.15) is 0 Å². The Morgan fingerprint density at radius 2 is 2.04 bits per heavy atom. The lowest BCUT2D eigenvalue weighted by Gasteiger charge is -2.45. The molecule has 7 nitrogen and oxygen atoms in total. The zero-order valence-corrected chi connectivity index (χ0v) is 13.6. The predicted molar refractivity (Wildman–Crippen MR) is 89.4 cm³/mol. The third-order valence-corrected chi connectivity index (χ3v) is 5.49. The number of hydrogen-bond acceptors (Lipinski definition) is 4. The van der Waals surface area contributed by atoms with E-state index in [1.807, 2.05) is 6.07 Å². The summed E-state index contributed by atoms with van der Waals surface area (Å²) in [6, 6.07) is 5.79. The van der Waals surface area contributed by atoms with Crippen molar-refractivity contribution in [3.05, 3.63) is 34.9 Å². The molecule has 0 saturated heterocycles. The summed E-state index contributed by atoms with van der Waals surface area (Å²) < 4.78 is 2.68. The van der Waals surface area contributed by atoms with E-state index < -0.39 is 0 Å². The highest BCUT2D eigenvalue weighted by atomic mass is 16.2. The average Bonchev–Trinajstić information content (AvgIpc) is 2.85. The molecule has 2 fully saturated rings. The third kappa shape index (κ3) is 2.73. The Bertz CT molecular complexity index is 797. The van der Waals surface area contributed by atoms with Gasteiger partial charge in [0.2, 0.25) is 5.91 Å². The minimum absolute atomic E-state index is 0.0392. The number of fused-ring (bicyclic) bond motifs is 3. The first-order valence-electron chi connectivity index (χ1n) is 8.71. The largest absolute Gasteiger partial charge is 0.351 e. The van der Waals surface area contributed by atoms with E-state index >= 15 is 0 Å². The van der Waals surface area contributed by atoms with Gasteiger partial charge in [0.1, 0.15) is 6.54 Å². The van der Waals surface area contributed by atoms with Crippen LogP contribution in [0.25, 0.3) is 5.65 Å². The van der Waals surface area contributed by atoms with Crippen molar-refractivity contribution in [1.82, 2.24) is 19.5 Å². The molecular formula is C17H23N5O2. The summed E-state index contributed by atoms with van der Waals surface area (Å²) in [4.78, 5) is 24.7. The second kappa shape index (κ2) is 6.05. The van der Waals surface area contributed by atoms with Gasteiger partial charge in [0, 0.05) is 18.3 Å². The molecular weight excluding hydrogens is 306 g/mol. The number of carbonyl (C=O) groups is 1. The van der Waals surface area contributed by atoms with Crippen LogP contribution in [0.4, 0.5) is 0 Å². The molecule has 2 aromatic rings.